The van der Waals surface area contributed by atoms with Crippen LogP contribution in [0.5, 0.6) is 0 Å². The molecule has 3 aromatic carbocycles. The van der Waals surface area contributed by atoms with Gasteiger partial charge in [0.15, 0.2) is 0 Å². The Balaban J connectivity index is 1.85. The number of hydrogen-bond acceptors (Lipinski definition) is 3. The average Bonchev–Trinajstić information content (AvgIpc) is 2.82. The number of benzene rings is 3. The topological polar surface area (TPSA) is 46.5 Å². The van der Waals surface area contributed by atoms with Crippen LogP contribution in [0.15, 0.2) is 72.8 Å². The fraction of sp³-hybridized carbons (Fsp3) is 0.300. The van der Waals surface area contributed by atoms with E-state index in [1.165, 1.54) is 38.9 Å². The quantitative estimate of drug-likeness (QED) is 0.222. The normalized spacial score (nSPS) is 10.8. The highest BCUT2D eigenvalue weighted by Crippen LogP contribution is 2.31. The standard InChI is InChI=1S/C30H34O3/c1-5-23-19-27(24-10-8-22(4)9-11-24)14-15-29(23)28-13-12-25(16-17-31)26(20-28)7-6-18-33-30(32)21(2)3/h8-15,19-20,31H,2,5-7,16-18H2,1,3-4H3. The van der Waals surface area contributed by atoms with Gasteiger partial charge >= 0.3 is 5.97 Å². The number of aliphatic hydroxyl groups is 1. The molecule has 0 saturated carbocycles. The summed E-state index contributed by atoms with van der Waals surface area (Å²) in [4.78, 5) is 11.6. The lowest BCUT2D eigenvalue weighted by molar-refractivity contribution is -0.139. The summed E-state index contributed by atoms with van der Waals surface area (Å²) in [6, 6.07) is 21.8. The Morgan fingerprint density at radius 1 is 0.879 bits per heavy atom. The van der Waals surface area contributed by atoms with E-state index in [1.54, 1.807) is 6.92 Å². The molecule has 33 heavy (non-hydrogen) atoms. The van der Waals surface area contributed by atoms with E-state index in [2.05, 4.69) is 81.1 Å². The molecule has 0 heterocycles. The van der Waals surface area contributed by atoms with Gasteiger partial charge in [-0.15, -0.1) is 0 Å². The zero-order chi connectivity index (χ0) is 23.8. The lowest BCUT2D eigenvalue weighted by atomic mass is 9.90. The van der Waals surface area contributed by atoms with E-state index in [-0.39, 0.29) is 12.6 Å². The Morgan fingerprint density at radius 3 is 2.21 bits per heavy atom. The summed E-state index contributed by atoms with van der Waals surface area (Å²) < 4.78 is 5.25. The monoisotopic (exact) mass is 442 g/mol. The van der Waals surface area contributed by atoms with E-state index in [1.807, 2.05) is 0 Å². The third-order valence-electron chi connectivity index (χ3n) is 5.94. The largest absolute Gasteiger partial charge is 0.462 e. The lowest BCUT2D eigenvalue weighted by Crippen LogP contribution is -2.07. The molecule has 0 aliphatic carbocycles. The Hall–Kier alpha value is -3.17. The first-order chi connectivity index (χ1) is 15.9. The Bertz CT molecular complexity index is 1110. The number of hydrogen-bond donors (Lipinski definition) is 1. The number of carbonyl (C=O) groups excluding carboxylic acids is 1. The van der Waals surface area contributed by atoms with Crippen LogP contribution in [0.2, 0.25) is 0 Å². The summed E-state index contributed by atoms with van der Waals surface area (Å²) in [6.45, 7) is 10.0. The van der Waals surface area contributed by atoms with Crippen LogP contribution in [0, 0.1) is 6.92 Å². The van der Waals surface area contributed by atoms with Crippen molar-refractivity contribution in [3.8, 4) is 22.3 Å². The maximum Gasteiger partial charge on any atom is 0.333 e. The lowest BCUT2D eigenvalue weighted by Gasteiger charge is -2.15. The van der Waals surface area contributed by atoms with E-state index in [0.29, 0.717) is 18.6 Å². The molecule has 172 valence electrons. The van der Waals surface area contributed by atoms with Crippen LogP contribution >= 0.6 is 0 Å². The molecule has 0 radical (unpaired) electrons. The maximum atomic E-state index is 11.6. The van der Waals surface area contributed by atoms with E-state index >= 15 is 0 Å². The predicted octanol–water partition coefficient (Wildman–Crippen LogP) is 6.48. The molecule has 0 aliphatic rings. The van der Waals surface area contributed by atoms with E-state index in [0.717, 1.165) is 24.8 Å². The second-order valence-corrected chi connectivity index (χ2v) is 8.57. The van der Waals surface area contributed by atoms with Crippen LogP contribution in [0.25, 0.3) is 22.3 Å². The minimum Gasteiger partial charge on any atom is -0.462 e. The Kier molecular flexibility index (Phi) is 8.62. The minimum atomic E-state index is -0.347. The Labute approximate surface area is 197 Å². The van der Waals surface area contributed by atoms with Gasteiger partial charge in [0.1, 0.15) is 0 Å². The smallest absolute Gasteiger partial charge is 0.333 e. The minimum absolute atomic E-state index is 0.114. The molecule has 3 heteroatoms. The van der Waals surface area contributed by atoms with Gasteiger partial charge in [-0.2, -0.15) is 0 Å². The van der Waals surface area contributed by atoms with Crippen molar-refractivity contribution in [2.45, 2.75) is 46.5 Å². The molecule has 3 aromatic rings. The first-order valence-corrected chi connectivity index (χ1v) is 11.7. The molecule has 0 amide bonds. The summed E-state index contributed by atoms with van der Waals surface area (Å²) in [5.41, 5.74) is 10.2. The highest BCUT2D eigenvalue weighted by molar-refractivity contribution is 5.86. The van der Waals surface area contributed by atoms with Gasteiger partial charge in [0, 0.05) is 12.2 Å². The molecule has 0 spiro atoms. The first kappa shape index (κ1) is 24.5. The molecule has 0 atom stereocenters. The van der Waals surface area contributed by atoms with Gasteiger partial charge in [0.2, 0.25) is 0 Å². The van der Waals surface area contributed by atoms with Gasteiger partial charge in [-0.1, -0.05) is 79.7 Å². The van der Waals surface area contributed by atoms with Crippen LogP contribution in [-0.2, 0) is 28.8 Å². The molecule has 1 N–H and O–H groups in total. The van der Waals surface area contributed by atoms with Gasteiger partial charge in [-0.25, -0.2) is 4.79 Å². The molecule has 0 fully saturated rings. The number of rotatable bonds is 10. The van der Waals surface area contributed by atoms with Crippen molar-refractivity contribution >= 4 is 5.97 Å². The number of esters is 1. The van der Waals surface area contributed by atoms with Gasteiger partial charge in [0.05, 0.1) is 6.61 Å². The summed E-state index contributed by atoms with van der Waals surface area (Å²) >= 11 is 0. The Morgan fingerprint density at radius 2 is 1.55 bits per heavy atom. The fourth-order valence-electron chi connectivity index (χ4n) is 4.03. The summed E-state index contributed by atoms with van der Waals surface area (Å²) in [5, 5.41) is 9.49. The first-order valence-electron chi connectivity index (χ1n) is 11.7. The number of ether oxygens (including phenoxy) is 1. The van der Waals surface area contributed by atoms with Crippen molar-refractivity contribution in [1.82, 2.24) is 0 Å². The fourth-order valence-corrected chi connectivity index (χ4v) is 4.03. The summed E-state index contributed by atoms with van der Waals surface area (Å²) in [7, 11) is 0. The van der Waals surface area contributed by atoms with Gasteiger partial charge < -0.3 is 9.84 Å². The van der Waals surface area contributed by atoms with E-state index < -0.39 is 0 Å². The van der Waals surface area contributed by atoms with Gasteiger partial charge in [-0.05, 0) is 78.5 Å². The molecular formula is C30H34O3. The maximum absolute atomic E-state index is 11.6. The molecule has 0 saturated heterocycles. The van der Waals surface area contributed by atoms with E-state index in [9.17, 15) is 9.90 Å². The van der Waals surface area contributed by atoms with Crippen molar-refractivity contribution in [3.05, 3.63) is 95.1 Å². The molecule has 0 aromatic heterocycles. The SMILES string of the molecule is C=C(C)C(=O)OCCCc1cc(-c2ccc(-c3ccc(C)cc3)cc2CC)ccc1CCO. The second kappa shape index (κ2) is 11.6. The second-order valence-electron chi connectivity index (χ2n) is 8.57. The molecule has 3 rings (SSSR count). The molecule has 0 unspecified atom stereocenters. The van der Waals surface area contributed by atoms with Gasteiger partial charge in [0.25, 0.3) is 0 Å². The van der Waals surface area contributed by atoms with Crippen molar-refractivity contribution in [2.75, 3.05) is 13.2 Å². The summed E-state index contributed by atoms with van der Waals surface area (Å²) in [6.07, 6.45) is 3.08. The van der Waals surface area contributed by atoms with Crippen LogP contribution in [0.3, 0.4) is 0 Å². The summed E-state index contributed by atoms with van der Waals surface area (Å²) in [5.74, 6) is -0.347. The predicted molar refractivity (Wildman–Crippen MR) is 136 cm³/mol. The zero-order valence-corrected chi connectivity index (χ0v) is 20.0. The van der Waals surface area contributed by atoms with Crippen molar-refractivity contribution in [1.29, 1.82) is 0 Å². The molecular weight excluding hydrogens is 408 g/mol. The van der Waals surface area contributed by atoms with E-state index in [4.69, 9.17) is 4.74 Å². The van der Waals surface area contributed by atoms with Crippen LogP contribution in [-0.4, -0.2) is 24.3 Å². The number of carbonyl (C=O) groups is 1. The zero-order valence-electron chi connectivity index (χ0n) is 20.0. The number of aryl methyl sites for hydroxylation is 3. The van der Waals surface area contributed by atoms with Crippen LogP contribution in [0.4, 0.5) is 0 Å². The highest BCUT2D eigenvalue weighted by atomic mass is 16.5. The third kappa shape index (κ3) is 6.43. The molecule has 3 nitrogen and oxygen atoms in total. The van der Waals surface area contributed by atoms with Gasteiger partial charge in [-0.3, -0.25) is 0 Å². The van der Waals surface area contributed by atoms with Crippen LogP contribution in [0.1, 0.15) is 42.5 Å². The molecule has 0 aliphatic heterocycles. The third-order valence-corrected chi connectivity index (χ3v) is 5.94. The van der Waals surface area contributed by atoms with Crippen molar-refractivity contribution < 1.29 is 14.6 Å². The molecule has 0 bridgehead atoms. The number of aliphatic hydroxyl groups excluding tert-OH is 1. The van der Waals surface area contributed by atoms with Crippen molar-refractivity contribution in [2.24, 2.45) is 0 Å². The highest BCUT2D eigenvalue weighted by Gasteiger charge is 2.11. The van der Waals surface area contributed by atoms with Crippen molar-refractivity contribution in [3.63, 3.8) is 0 Å². The average molecular weight is 443 g/mol. The van der Waals surface area contributed by atoms with Crippen LogP contribution < -0.4 is 0 Å².